The molecule has 92 heavy (non-hydrogen) atoms. The van der Waals surface area contributed by atoms with E-state index in [0.717, 1.165) is 109 Å². The second kappa shape index (κ2) is 65.0. The standard InChI is InChI=1S/C73H142O17P2/c1-7-10-12-14-16-17-18-19-20-21-22-26-29-32-38-44-50-56-71(76)84-62-69(89-72(77)57-51-45-39-33-30-27-24-23-25-28-31-37-42-48-54-66(6)9-3)64-88-92(81,82)86-60-67(74)59-85-91(79,80)87-63-68(61-83-70(75)55-49-43-35-15-13-11-8-2)90-73(78)58-52-46-40-34-36-41-47-53-65(4)5/h65-69,74H,7-64H2,1-6H3,(H,79,80)(H,81,82)/t66?,67-,68+,69+/m0/s1. The van der Waals surface area contributed by atoms with Crippen LogP contribution >= 0.6 is 15.6 Å². The molecule has 0 aromatic heterocycles. The van der Waals surface area contributed by atoms with E-state index in [9.17, 15) is 43.2 Å². The Morgan fingerprint density at radius 2 is 0.554 bits per heavy atom. The Bertz CT molecular complexity index is 1790. The molecule has 19 heteroatoms. The normalized spacial score (nSPS) is 14.4. The lowest BCUT2D eigenvalue weighted by Gasteiger charge is -2.21. The number of aliphatic hydroxyl groups excluding tert-OH is 1. The molecule has 0 aromatic carbocycles. The lowest BCUT2D eigenvalue weighted by molar-refractivity contribution is -0.161. The van der Waals surface area contributed by atoms with Crippen LogP contribution in [0.4, 0.5) is 0 Å². The first-order valence-electron chi connectivity index (χ1n) is 38.0. The van der Waals surface area contributed by atoms with E-state index >= 15 is 0 Å². The molecule has 3 N–H and O–H groups in total. The van der Waals surface area contributed by atoms with Crippen molar-refractivity contribution in [2.24, 2.45) is 11.8 Å². The van der Waals surface area contributed by atoms with Crippen LogP contribution in [0.15, 0.2) is 0 Å². The van der Waals surface area contributed by atoms with Crippen molar-refractivity contribution >= 4 is 39.5 Å². The van der Waals surface area contributed by atoms with Crippen molar-refractivity contribution < 1.29 is 80.2 Å². The van der Waals surface area contributed by atoms with E-state index in [2.05, 4.69) is 41.5 Å². The molecule has 0 saturated carbocycles. The molecule has 0 aliphatic heterocycles. The summed E-state index contributed by atoms with van der Waals surface area (Å²) in [5, 5.41) is 10.6. The third kappa shape index (κ3) is 65.4. The largest absolute Gasteiger partial charge is 0.472 e. The van der Waals surface area contributed by atoms with Gasteiger partial charge in [0.05, 0.1) is 26.4 Å². The van der Waals surface area contributed by atoms with Crippen molar-refractivity contribution in [3.05, 3.63) is 0 Å². The van der Waals surface area contributed by atoms with Crippen LogP contribution in [0.1, 0.15) is 375 Å². The third-order valence-electron chi connectivity index (χ3n) is 17.3. The molecule has 0 heterocycles. The maximum absolute atomic E-state index is 13.1. The predicted molar refractivity (Wildman–Crippen MR) is 372 cm³/mol. The number of phosphoric acid groups is 2. The van der Waals surface area contributed by atoms with Crippen molar-refractivity contribution in [1.29, 1.82) is 0 Å². The number of phosphoric ester groups is 2. The van der Waals surface area contributed by atoms with Crippen LogP contribution in [0, 0.1) is 11.8 Å². The van der Waals surface area contributed by atoms with Gasteiger partial charge in [-0.05, 0) is 37.5 Å². The number of esters is 4. The highest BCUT2D eigenvalue weighted by atomic mass is 31.2. The topological polar surface area (TPSA) is 237 Å². The molecule has 0 radical (unpaired) electrons. The Kier molecular flexibility index (Phi) is 63.7. The van der Waals surface area contributed by atoms with Crippen LogP contribution in [0.5, 0.6) is 0 Å². The van der Waals surface area contributed by atoms with E-state index in [-0.39, 0.29) is 25.7 Å². The van der Waals surface area contributed by atoms with Gasteiger partial charge in [-0.1, -0.05) is 324 Å². The van der Waals surface area contributed by atoms with E-state index in [1.165, 1.54) is 180 Å². The molecule has 0 aliphatic rings. The zero-order valence-corrected chi connectivity index (χ0v) is 61.6. The van der Waals surface area contributed by atoms with E-state index < -0.39 is 97.5 Å². The number of unbranched alkanes of at least 4 members (excludes halogenated alkanes) is 41. The number of carbonyl (C=O) groups excluding carboxylic acids is 4. The summed E-state index contributed by atoms with van der Waals surface area (Å²) in [7, 11) is -9.90. The molecule has 0 rings (SSSR count). The van der Waals surface area contributed by atoms with Gasteiger partial charge in [0.15, 0.2) is 12.2 Å². The second-order valence-corrected chi connectivity index (χ2v) is 30.0. The first-order valence-corrected chi connectivity index (χ1v) is 41.0. The molecule has 0 saturated heterocycles. The summed E-state index contributed by atoms with van der Waals surface area (Å²) in [6.07, 6.45) is 51.6. The summed E-state index contributed by atoms with van der Waals surface area (Å²) in [5.41, 5.74) is 0. The lowest BCUT2D eigenvalue weighted by atomic mass is 9.99. The summed E-state index contributed by atoms with van der Waals surface area (Å²) in [6, 6.07) is 0. The second-order valence-electron chi connectivity index (χ2n) is 27.1. The molecule has 0 aromatic rings. The number of ether oxygens (including phenoxy) is 4. The van der Waals surface area contributed by atoms with Crippen LogP contribution in [-0.4, -0.2) is 96.7 Å². The van der Waals surface area contributed by atoms with Gasteiger partial charge in [-0.2, -0.15) is 0 Å². The number of hydrogen-bond acceptors (Lipinski definition) is 15. The maximum atomic E-state index is 13.1. The smallest absolute Gasteiger partial charge is 0.462 e. The minimum Gasteiger partial charge on any atom is -0.462 e. The van der Waals surface area contributed by atoms with Crippen LogP contribution in [-0.2, 0) is 65.4 Å². The Hall–Kier alpha value is -1.94. The first kappa shape index (κ1) is 90.1. The predicted octanol–water partition coefficient (Wildman–Crippen LogP) is 21.2. The van der Waals surface area contributed by atoms with E-state index in [1.807, 2.05) is 0 Å². The number of aliphatic hydroxyl groups is 1. The molecule has 0 spiro atoms. The van der Waals surface area contributed by atoms with Gasteiger partial charge in [-0.25, -0.2) is 9.13 Å². The summed E-state index contributed by atoms with van der Waals surface area (Å²) in [6.45, 7) is 9.52. The zero-order chi connectivity index (χ0) is 67.9. The summed E-state index contributed by atoms with van der Waals surface area (Å²) in [4.78, 5) is 72.5. The molecule has 17 nitrogen and oxygen atoms in total. The SMILES string of the molecule is CCCCCCCCCCCCCCCCCCCC(=O)OC[C@H](COP(=O)(O)OC[C@@H](O)COP(=O)(O)OC[C@@H](COC(=O)CCCCCCCCC)OC(=O)CCCCCCCCCC(C)C)OC(=O)CCCCCCCCCCCCCCCCC(C)CC. The summed E-state index contributed by atoms with van der Waals surface area (Å²) >= 11 is 0. The molecule has 3 unspecified atom stereocenters. The van der Waals surface area contributed by atoms with E-state index in [4.69, 9.17) is 37.0 Å². The number of carbonyl (C=O) groups is 4. The minimum atomic E-state index is -4.95. The van der Waals surface area contributed by atoms with Gasteiger partial charge >= 0.3 is 39.5 Å². The molecule has 6 atom stereocenters. The fraction of sp³-hybridized carbons (Fsp3) is 0.945. The monoisotopic (exact) mass is 1350 g/mol. The van der Waals surface area contributed by atoms with Gasteiger partial charge in [0.1, 0.15) is 19.3 Å². The van der Waals surface area contributed by atoms with Crippen molar-refractivity contribution in [3.8, 4) is 0 Å². The average Bonchev–Trinajstić information content (AvgIpc) is 1.78. The highest BCUT2D eigenvalue weighted by Gasteiger charge is 2.30. The van der Waals surface area contributed by atoms with Crippen LogP contribution < -0.4 is 0 Å². The van der Waals surface area contributed by atoms with E-state index in [1.54, 1.807) is 0 Å². The number of hydrogen-bond donors (Lipinski definition) is 3. The average molecular weight is 1350 g/mol. The Morgan fingerprint density at radius 1 is 0.315 bits per heavy atom. The van der Waals surface area contributed by atoms with Crippen LogP contribution in [0.3, 0.4) is 0 Å². The van der Waals surface area contributed by atoms with Gasteiger partial charge < -0.3 is 33.8 Å². The highest BCUT2D eigenvalue weighted by Crippen LogP contribution is 2.45. The van der Waals surface area contributed by atoms with Gasteiger partial charge in [-0.15, -0.1) is 0 Å². The first-order chi connectivity index (χ1) is 44.4. The lowest BCUT2D eigenvalue weighted by Crippen LogP contribution is -2.30. The van der Waals surface area contributed by atoms with Gasteiger partial charge in [0.25, 0.3) is 0 Å². The van der Waals surface area contributed by atoms with Gasteiger partial charge in [0.2, 0.25) is 0 Å². The fourth-order valence-electron chi connectivity index (χ4n) is 11.1. The Balaban J connectivity index is 5.18. The molecular formula is C73H142O17P2. The molecule has 0 fully saturated rings. The summed E-state index contributed by atoms with van der Waals surface area (Å²) in [5.74, 6) is -0.585. The van der Waals surface area contributed by atoms with Crippen molar-refractivity contribution in [2.75, 3.05) is 39.6 Å². The van der Waals surface area contributed by atoms with Crippen molar-refractivity contribution in [2.45, 2.75) is 394 Å². The molecule has 0 bridgehead atoms. The third-order valence-corrected chi connectivity index (χ3v) is 19.2. The summed E-state index contributed by atoms with van der Waals surface area (Å²) < 4.78 is 68.3. The van der Waals surface area contributed by atoms with Gasteiger partial charge in [-0.3, -0.25) is 37.3 Å². The molecule has 0 aliphatic carbocycles. The van der Waals surface area contributed by atoms with Gasteiger partial charge in [0, 0.05) is 25.7 Å². The Labute approximate surface area is 562 Å². The zero-order valence-electron chi connectivity index (χ0n) is 59.9. The molecule has 0 amide bonds. The highest BCUT2D eigenvalue weighted by molar-refractivity contribution is 7.47. The van der Waals surface area contributed by atoms with Crippen molar-refractivity contribution in [1.82, 2.24) is 0 Å². The quantitative estimate of drug-likeness (QED) is 0.0222. The van der Waals surface area contributed by atoms with Crippen molar-refractivity contribution in [3.63, 3.8) is 0 Å². The molecule has 546 valence electrons. The number of rotatable bonds is 72. The van der Waals surface area contributed by atoms with Crippen LogP contribution in [0.25, 0.3) is 0 Å². The Morgan fingerprint density at radius 3 is 0.826 bits per heavy atom. The fourth-order valence-corrected chi connectivity index (χ4v) is 12.7. The minimum absolute atomic E-state index is 0.103. The maximum Gasteiger partial charge on any atom is 0.472 e. The van der Waals surface area contributed by atoms with E-state index in [0.29, 0.717) is 31.6 Å². The molecular weight excluding hydrogens is 1210 g/mol. The van der Waals surface area contributed by atoms with Crippen LogP contribution in [0.2, 0.25) is 0 Å².